The van der Waals surface area contributed by atoms with E-state index in [4.69, 9.17) is 0 Å². The van der Waals surface area contributed by atoms with Gasteiger partial charge in [0.25, 0.3) is 0 Å². The Bertz CT molecular complexity index is 769. The lowest BCUT2D eigenvalue weighted by Gasteiger charge is -2.23. The summed E-state index contributed by atoms with van der Waals surface area (Å²) < 4.78 is 1.85. The minimum absolute atomic E-state index is 0.329. The second-order valence-electron chi connectivity index (χ2n) is 7.67. The van der Waals surface area contributed by atoms with Gasteiger partial charge in [0.05, 0.1) is 6.20 Å². The number of carbonyl (C=O) groups is 1. The van der Waals surface area contributed by atoms with Gasteiger partial charge in [0.15, 0.2) is 0 Å². The molecular formula is C21H28N4O. The average molecular weight is 352 g/mol. The number of aromatic nitrogens is 2. The smallest absolute Gasteiger partial charge is 0.223 e. The number of rotatable bonds is 4. The van der Waals surface area contributed by atoms with Crippen molar-refractivity contribution in [3.63, 3.8) is 0 Å². The van der Waals surface area contributed by atoms with E-state index in [1.54, 1.807) is 0 Å². The summed E-state index contributed by atoms with van der Waals surface area (Å²) in [5.74, 6) is 0.739. The molecule has 1 aromatic carbocycles. The van der Waals surface area contributed by atoms with Gasteiger partial charge in [-0.1, -0.05) is 24.3 Å². The highest BCUT2D eigenvalue weighted by Crippen LogP contribution is 2.35. The first-order valence-corrected chi connectivity index (χ1v) is 9.74. The molecule has 0 radical (unpaired) electrons. The van der Waals surface area contributed by atoms with Crippen molar-refractivity contribution in [3.8, 4) is 0 Å². The van der Waals surface area contributed by atoms with Crippen molar-refractivity contribution in [1.29, 1.82) is 0 Å². The lowest BCUT2D eigenvalue weighted by molar-refractivity contribution is -0.131. The van der Waals surface area contributed by atoms with Gasteiger partial charge in [-0.15, -0.1) is 0 Å². The fraction of sp³-hybridized carbons (Fsp3) is 0.524. The molecule has 0 spiro atoms. The number of carbonyl (C=O) groups excluding carboxylic acids is 1. The van der Waals surface area contributed by atoms with E-state index in [2.05, 4.69) is 45.4 Å². The average Bonchev–Trinajstić information content (AvgIpc) is 3.15. The van der Waals surface area contributed by atoms with Gasteiger partial charge in [-0.25, -0.2) is 0 Å². The summed E-state index contributed by atoms with van der Waals surface area (Å²) in [6, 6.07) is 8.62. The van der Waals surface area contributed by atoms with Gasteiger partial charge < -0.3 is 4.90 Å². The monoisotopic (exact) mass is 352 g/mol. The molecule has 1 amide bonds. The van der Waals surface area contributed by atoms with Crippen LogP contribution in [0.25, 0.3) is 0 Å². The van der Waals surface area contributed by atoms with Gasteiger partial charge in [-0.3, -0.25) is 14.4 Å². The maximum Gasteiger partial charge on any atom is 0.223 e. The predicted octanol–water partition coefficient (Wildman–Crippen LogP) is 2.57. The molecule has 5 heteroatoms. The van der Waals surface area contributed by atoms with Gasteiger partial charge in [-0.2, -0.15) is 5.10 Å². The van der Waals surface area contributed by atoms with Crippen LogP contribution in [0.5, 0.6) is 0 Å². The first-order valence-electron chi connectivity index (χ1n) is 9.74. The standard InChI is InChI=1S/C21H28N4O/c1-23-15-17(14-22-23)16-24-9-4-10-25(12-11-24)21(26)13-19-8-7-18-5-2-3-6-20(18)19/h2-3,5-6,14-15,19H,4,7-13,16H2,1H3. The normalized spacial score (nSPS) is 20.8. The van der Waals surface area contributed by atoms with E-state index in [1.807, 2.05) is 17.9 Å². The zero-order valence-corrected chi connectivity index (χ0v) is 15.6. The molecule has 0 saturated carbocycles. The van der Waals surface area contributed by atoms with Crippen LogP contribution in [-0.2, 0) is 24.8 Å². The number of benzene rings is 1. The summed E-state index contributed by atoms with van der Waals surface area (Å²) in [5.41, 5.74) is 4.08. The van der Waals surface area contributed by atoms with Crippen molar-refractivity contribution in [3.05, 3.63) is 53.3 Å². The Morgan fingerprint density at radius 3 is 2.92 bits per heavy atom. The largest absolute Gasteiger partial charge is 0.341 e. The van der Waals surface area contributed by atoms with Gasteiger partial charge in [-0.05, 0) is 36.3 Å². The molecule has 1 aliphatic carbocycles. The SMILES string of the molecule is Cn1cc(CN2CCCN(C(=O)CC3CCc4ccccc43)CC2)cn1. The summed E-state index contributed by atoms with van der Waals surface area (Å²) in [5, 5.41) is 4.25. The highest BCUT2D eigenvalue weighted by Gasteiger charge is 2.27. The minimum atomic E-state index is 0.329. The van der Waals surface area contributed by atoms with E-state index in [0.29, 0.717) is 18.2 Å². The Kier molecular flexibility index (Phi) is 5.07. The van der Waals surface area contributed by atoms with Crippen molar-refractivity contribution in [2.24, 2.45) is 7.05 Å². The van der Waals surface area contributed by atoms with Crippen molar-refractivity contribution in [2.45, 2.75) is 38.1 Å². The van der Waals surface area contributed by atoms with E-state index in [-0.39, 0.29) is 0 Å². The fourth-order valence-corrected chi connectivity index (χ4v) is 4.39. The molecule has 1 atom stereocenters. The van der Waals surface area contributed by atoms with Crippen LogP contribution in [0.4, 0.5) is 0 Å². The van der Waals surface area contributed by atoms with Gasteiger partial charge in [0, 0.05) is 58.0 Å². The molecule has 5 nitrogen and oxygen atoms in total. The highest BCUT2D eigenvalue weighted by atomic mass is 16.2. The molecule has 26 heavy (non-hydrogen) atoms. The lowest BCUT2D eigenvalue weighted by Crippen LogP contribution is -2.35. The molecule has 1 aromatic heterocycles. The van der Waals surface area contributed by atoms with Gasteiger partial charge >= 0.3 is 0 Å². The highest BCUT2D eigenvalue weighted by molar-refractivity contribution is 5.77. The van der Waals surface area contributed by atoms with Gasteiger partial charge in [0.1, 0.15) is 0 Å². The Labute approximate surface area is 155 Å². The molecule has 0 bridgehead atoms. The Morgan fingerprint density at radius 2 is 2.08 bits per heavy atom. The van der Waals surface area contributed by atoms with Crippen LogP contribution in [0.1, 0.15) is 41.9 Å². The maximum absolute atomic E-state index is 12.9. The Balaban J connectivity index is 1.32. The predicted molar refractivity (Wildman–Crippen MR) is 102 cm³/mol. The van der Waals surface area contributed by atoms with E-state index < -0.39 is 0 Å². The van der Waals surface area contributed by atoms with E-state index in [9.17, 15) is 4.79 Å². The molecule has 1 saturated heterocycles. The second kappa shape index (κ2) is 7.62. The Hall–Kier alpha value is -2.14. The summed E-state index contributed by atoms with van der Waals surface area (Å²) in [7, 11) is 1.95. The first kappa shape index (κ1) is 17.3. The first-order chi connectivity index (χ1) is 12.7. The number of hydrogen-bond donors (Lipinski definition) is 0. The minimum Gasteiger partial charge on any atom is -0.341 e. The van der Waals surface area contributed by atoms with Crippen molar-refractivity contribution >= 4 is 5.91 Å². The number of amides is 1. The third-order valence-corrected chi connectivity index (χ3v) is 5.78. The lowest BCUT2D eigenvalue weighted by atomic mass is 9.97. The molecule has 2 aromatic rings. The zero-order chi connectivity index (χ0) is 17.9. The summed E-state index contributed by atoms with van der Waals surface area (Å²) in [6.45, 7) is 4.64. The molecule has 2 heterocycles. The van der Waals surface area contributed by atoms with Crippen LogP contribution < -0.4 is 0 Å². The van der Waals surface area contributed by atoms with E-state index in [0.717, 1.165) is 52.0 Å². The van der Waals surface area contributed by atoms with Crippen LogP contribution in [0.2, 0.25) is 0 Å². The number of nitrogens with zero attached hydrogens (tertiary/aromatic N) is 4. The summed E-state index contributed by atoms with van der Waals surface area (Å²) in [6.07, 6.45) is 7.96. The topological polar surface area (TPSA) is 41.4 Å². The molecule has 0 N–H and O–H groups in total. The number of aryl methyl sites for hydroxylation is 2. The molecular weight excluding hydrogens is 324 g/mol. The number of hydrogen-bond acceptors (Lipinski definition) is 3. The number of fused-ring (bicyclic) bond motifs is 1. The van der Waals surface area contributed by atoms with E-state index >= 15 is 0 Å². The van der Waals surface area contributed by atoms with E-state index in [1.165, 1.54) is 16.7 Å². The molecule has 2 aliphatic rings. The van der Waals surface area contributed by atoms with Crippen molar-refractivity contribution in [1.82, 2.24) is 19.6 Å². The zero-order valence-electron chi connectivity index (χ0n) is 15.6. The van der Waals surface area contributed by atoms with Crippen LogP contribution >= 0.6 is 0 Å². The Morgan fingerprint density at radius 1 is 1.19 bits per heavy atom. The fourth-order valence-electron chi connectivity index (χ4n) is 4.39. The molecule has 1 fully saturated rings. The molecule has 138 valence electrons. The second-order valence-corrected chi connectivity index (χ2v) is 7.67. The summed E-state index contributed by atoms with van der Waals surface area (Å²) >= 11 is 0. The maximum atomic E-state index is 12.9. The van der Waals surface area contributed by atoms with Crippen LogP contribution in [0.3, 0.4) is 0 Å². The van der Waals surface area contributed by atoms with Crippen LogP contribution in [0.15, 0.2) is 36.7 Å². The molecule has 1 unspecified atom stereocenters. The van der Waals surface area contributed by atoms with Crippen LogP contribution in [-0.4, -0.2) is 51.7 Å². The van der Waals surface area contributed by atoms with Crippen molar-refractivity contribution in [2.75, 3.05) is 26.2 Å². The quantitative estimate of drug-likeness (QED) is 0.849. The summed E-state index contributed by atoms with van der Waals surface area (Å²) in [4.78, 5) is 17.4. The third kappa shape index (κ3) is 3.83. The van der Waals surface area contributed by atoms with Crippen LogP contribution in [0, 0.1) is 0 Å². The molecule has 4 rings (SSSR count). The third-order valence-electron chi connectivity index (χ3n) is 5.78. The molecule has 1 aliphatic heterocycles. The van der Waals surface area contributed by atoms with Crippen molar-refractivity contribution < 1.29 is 4.79 Å². The van der Waals surface area contributed by atoms with Gasteiger partial charge in [0.2, 0.25) is 5.91 Å².